The van der Waals surface area contributed by atoms with Gasteiger partial charge in [-0.3, -0.25) is 4.57 Å². The van der Waals surface area contributed by atoms with E-state index in [-0.39, 0.29) is 6.04 Å². The Balaban J connectivity index is 2.45. The van der Waals surface area contributed by atoms with E-state index in [9.17, 15) is 0 Å². The lowest BCUT2D eigenvalue weighted by Gasteiger charge is -2.22. The van der Waals surface area contributed by atoms with E-state index in [0.29, 0.717) is 11.2 Å². The van der Waals surface area contributed by atoms with Crippen LogP contribution in [0.25, 0.3) is 11.4 Å². The zero-order valence-corrected chi connectivity index (χ0v) is 11.7. The summed E-state index contributed by atoms with van der Waals surface area (Å²) in [5.41, 5.74) is 1.05. The van der Waals surface area contributed by atoms with Crippen molar-refractivity contribution in [2.45, 2.75) is 33.2 Å². The highest BCUT2D eigenvalue weighted by Crippen LogP contribution is 2.29. The van der Waals surface area contributed by atoms with Crippen molar-refractivity contribution in [3.05, 3.63) is 35.6 Å². The lowest BCUT2D eigenvalue weighted by atomic mass is 10.0. The molecule has 3 nitrogen and oxygen atoms in total. The molecule has 0 fully saturated rings. The summed E-state index contributed by atoms with van der Waals surface area (Å²) in [7, 11) is 0. The summed E-state index contributed by atoms with van der Waals surface area (Å²) in [6, 6.07) is 10.3. The number of benzene rings is 1. The van der Waals surface area contributed by atoms with E-state index < -0.39 is 0 Å². The third-order valence-electron chi connectivity index (χ3n) is 3.56. The van der Waals surface area contributed by atoms with E-state index in [1.54, 1.807) is 0 Å². The first-order valence-corrected chi connectivity index (χ1v) is 6.68. The van der Waals surface area contributed by atoms with Crippen molar-refractivity contribution in [2.24, 2.45) is 5.92 Å². The van der Waals surface area contributed by atoms with E-state index in [2.05, 4.69) is 31.0 Å². The van der Waals surface area contributed by atoms with Gasteiger partial charge in [-0.2, -0.15) is 0 Å². The van der Waals surface area contributed by atoms with Crippen molar-refractivity contribution in [1.29, 1.82) is 0 Å². The Bertz CT molecular complexity index is 507. The van der Waals surface area contributed by atoms with Crippen LogP contribution in [0.1, 0.15) is 33.2 Å². The van der Waals surface area contributed by atoms with Gasteiger partial charge in [0.25, 0.3) is 0 Å². The molecule has 0 aliphatic heterocycles. The van der Waals surface area contributed by atoms with Crippen molar-refractivity contribution in [2.75, 3.05) is 0 Å². The van der Waals surface area contributed by atoms with Gasteiger partial charge in [0.05, 0.1) is 0 Å². The second-order valence-corrected chi connectivity index (χ2v) is 4.99. The van der Waals surface area contributed by atoms with Gasteiger partial charge < -0.3 is 0 Å². The fraction of sp³-hybridized carbons (Fsp3) is 0.429. The fourth-order valence-corrected chi connectivity index (χ4v) is 2.28. The number of aromatic nitrogens is 3. The Morgan fingerprint density at radius 2 is 1.83 bits per heavy atom. The van der Waals surface area contributed by atoms with Crippen molar-refractivity contribution in [1.82, 2.24) is 14.8 Å². The Kier molecular flexibility index (Phi) is 4.02. The molecule has 0 saturated carbocycles. The highest BCUT2D eigenvalue weighted by atomic mass is 35.5. The normalized spacial score (nSPS) is 14.4. The topological polar surface area (TPSA) is 30.7 Å². The summed E-state index contributed by atoms with van der Waals surface area (Å²) in [6.45, 7) is 6.56. The Morgan fingerprint density at radius 3 is 2.44 bits per heavy atom. The van der Waals surface area contributed by atoms with Crippen LogP contribution in [0.3, 0.4) is 0 Å². The molecule has 0 aliphatic rings. The second kappa shape index (κ2) is 5.53. The van der Waals surface area contributed by atoms with E-state index >= 15 is 0 Å². The minimum atomic E-state index is 0.285. The summed E-state index contributed by atoms with van der Waals surface area (Å²) < 4.78 is 2.02. The minimum Gasteiger partial charge on any atom is -0.295 e. The third-order valence-corrected chi connectivity index (χ3v) is 3.82. The molecule has 0 amide bonds. The molecule has 1 aromatic carbocycles. The number of hydrogen-bond donors (Lipinski definition) is 0. The Morgan fingerprint density at radius 1 is 1.17 bits per heavy atom. The number of halogens is 1. The zero-order valence-electron chi connectivity index (χ0n) is 11.0. The molecular formula is C14H18ClN3. The van der Waals surface area contributed by atoms with Gasteiger partial charge in [0, 0.05) is 11.6 Å². The number of rotatable bonds is 4. The molecule has 2 unspecified atom stereocenters. The SMILES string of the molecule is CCC(C)C(C)n1c(Cl)nnc1-c1ccccc1. The van der Waals surface area contributed by atoms with Crippen molar-refractivity contribution in [3.63, 3.8) is 0 Å². The molecule has 1 heterocycles. The largest absolute Gasteiger partial charge is 0.295 e. The molecule has 4 heteroatoms. The molecule has 0 aliphatic carbocycles. The quantitative estimate of drug-likeness (QED) is 0.827. The van der Waals surface area contributed by atoms with Crippen LogP contribution in [0.5, 0.6) is 0 Å². The zero-order chi connectivity index (χ0) is 13.1. The van der Waals surface area contributed by atoms with Gasteiger partial charge in [-0.25, -0.2) is 0 Å². The first kappa shape index (κ1) is 13.1. The number of nitrogens with zero attached hydrogens (tertiary/aromatic N) is 3. The van der Waals surface area contributed by atoms with E-state index in [4.69, 9.17) is 11.6 Å². The summed E-state index contributed by atoms with van der Waals surface area (Å²) in [6.07, 6.45) is 1.10. The van der Waals surface area contributed by atoms with Crippen LogP contribution in [0.4, 0.5) is 0 Å². The lowest BCUT2D eigenvalue weighted by molar-refractivity contribution is 0.372. The van der Waals surface area contributed by atoms with E-state index in [1.165, 1.54) is 0 Å². The predicted molar refractivity (Wildman–Crippen MR) is 74.6 cm³/mol. The maximum atomic E-state index is 6.18. The molecule has 2 atom stereocenters. The van der Waals surface area contributed by atoms with Crippen molar-refractivity contribution in [3.8, 4) is 11.4 Å². The average molecular weight is 264 g/mol. The lowest BCUT2D eigenvalue weighted by Crippen LogP contribution is -2.14. The van der Waals surface area contributed by atoms with Gasteiger partial charge in [0.2, 0.25) is 5.28 Å². The number of hydrogen-bond acceptors (Lipinski definition) is 2. The smallest absolute Gasteiger partial charge is 0.225 e. The molecule has 96 valence electrons. The summed E-state index contributed by atoms with van der Waals surface area (Å²) in [5, 5.41) is 8.67. The molecular weight excluding hydrogens is 246 g/mol. The summed E-state index contributed by atoms with van der Waals surface area (Å²) in [5.74, 6) is 1.37. The molecule has 2 aromatic rings. The van der Waals surface area contributed by atoms with Crippen molar-refractivity contribution >= 4 is 11.6 Å². The Hall–Kier alpha value is -1.35. The van der Waals surface area contributed by atoms with Gasteiger partial charge >= 0.3 is 0 Å². The first-order valence-electron chi connectivity index (χ1n) is 6.31. The standard InChI is InChI=1S/C14H18ClN3/c1-4-10(2)11(3)18-13(16-17-14(18)15)12-8-6-5-7-9-12/h5-11H,4H2,1-3H3. The summed E-state index contributed by atoms with van der Waals surface area (Å²) >= 11 is 6.18. The van der Waals surface area contributed by atoms with Crippen LogP contribution in [-0.4, -0.2) is 14.8 Å². The highest BCUT2D eigenvalue weighted by Gasteiger charge is 2.20. The van der Waals surface area contributed by atoms with Crippen LogP contribution in [0.15, 0.2) is 30.3 Å². The van der Waals surface area contributed by atoms with Crippen LogP contribution in [-0.2, 0) is 0 Å². The van der Waals surface area contributed by atoms with Gasteiger partial charge in [-0.15, -0.1) is 10.2 Å². The molecule has 0 saturated heterocycles. The fourth-order valence-electron chi connectivity index (χ4n) is 2.01. The minimum absolute atomic E-state index is 0.285. The monoisotopic (exact) mass is 263 g/mol. The van der Waals surface area contributed by atoms with Crippen LogP contribution in [0, 0.1) is 5.92 Å². The maximum absolute atomic E-state index is 6.18. The molecule has 2 rings (SSSR count). The van der Waals surface area contributed by atoms with E-state index in [0.717, 1.165) is 17.8 Å². The second-order valence-electron chi connectivity index (χ2n) is 4.65. The maximum Gasteiger partial charge on any atom is 0.225 e. The molecule has 1 aromatic heterocycles. The molecule has 0 N–H and O–H groups in total. The Labute approximate surface area is 113 Å². The van der Waals surface area contributed by atoms with Gasteiger partial charge in [-0.05, 0) is 24.4 Å². The van der Waals surface area contributed by atoms with Crippen molar-refractivity contribution < 1.29 is 0 Å². The molecule has 0 radical (unpaired) electrons. The summed E-state index contributed by atoms with van der Waals surface area (Å²) in [4.78, 5) is 0. The van der Waals surface area contributed by atoms with Crippen LogP contribution in [0.2, 0.25) is 5.28 Å². The highest BCUT2D eigenvalue weighted by molar-refractivity contribution is 6.28. The van der Waals surface area contributed by atoms with Gasteiger partial charge in [0.1, 0.15) is 0 Å². The molecule has 18 heavy (non-hydrogen) atoms. The van der Waals surface area contributed by atoms with Crippen LogP contribution < -0.4 is 0 Å². The predicted octanol–water partition coefficient (Wildman–Crippen LogP) is 4.21. The third kappa shape index (κ3) is 2.41. The average Bonchev–Trinajstić information content (AvgIpc) is 2.80. The van der Waals surface area contributed by atoms with Gasteiger partial charge in [0.15, 0.2) is 5.82 Å². The molecule has 0 bridgehead atoms. The van der Waals surface area contributed by atoms with Gasteiger partial charge in [-0.1, -0.05) is 50.6 Å². The first-order chi connectivity index (χ1) is 8.65. The molecule has 0 spiro atoms. The van der Waals surface area contributed by atoms with E-state index in [1.807, 2.05) is 34.9 Å². The van der Waals surface area contributed by atoms with Crippen LogP contribution >= 0.6 is 11.6 Å².